The molecular weight excluding hydrogens is 260 g/mol. The Kier molecular flexibility index (Phi) is 5.07. The van der Waals surface area contributed by atoms with Crippen LogP contribution in [0.3, 0.4) is 0 Å². The van der Waals surface area contributed by atoms with Crippen LogP contribution in [0.4, 0.5) is 8.78 Å². The van der Waals surface area contributed by atoms with Crippen LogP contribution >= 0.6 is 0 Å². The van der Waals surface area contributed by atoms with Crippen LogP contribution in [0.25, 0.3) is 0 Å². The van der Waals surface area contributed by atoms with Crippen molar-refractivity contribution in [2.45, 2.75) is 25.9 Å². The van der Waals surface area contributed by atoms with Crippen LogP contribution in [0.15, 0.2) is 18.2 Å². The fourth-order valence-electron chi connectivity index (χ4n) is 2.89. The molecular formula is C15H23F2N3. The van der Waals surface area contributed by atoms with Crippen molar-refractivity contribution >= 4 is 0 Å². The first kappa shape index (κ1) is 15.4. The largest absolute Gasteiger partial charge is 0.323 e. The third kappa shape index (κ3) is 3.34. The standard InChI is InChI=1S/C15H23F2N3/c1-3-20-8-7-19(9-11(20)2)10-14(18)12-5-4-6-13(16)15(12)17/h4-6,11,14H,3,7-10,18H2,1-2H3. The summed E-state index contributed by atoms with van der Waals surface area (Å²) in [5.74, 6) is -1.65. The molecule has 1 heterocycles. The molecule has 2 N–H and O–H groups in total. The summed E-state index contributed by atoms with van der Waals surface area (Å²) in [5, 5.41) is 0. The minimum atomic E-state index is -0.831. The first-order chi connectivity index (χ1) is 9.52. The number of hydrogen-bond acceptors (Lipinski definition) is 3. The van der Waals surface area contributed by atoms with E-state index in [1.165, 1.54) is 6.07 Å². The predicted octanol–water partition coefficient (Wildman–Crippen LogP) is 1.99. The van der Waals surface area contributed by atoms with Gasteiger partial charge >= 0.3 is 0 Å². The van der Waals surface area contributed by atoms with Gasteiger partial charge in [-0.1, -0.05) is 19.1 Å². The summed E-state index contributed by atoms with van der Waals surface area (Å²) in [6.45, 7) is 8.77. The Morgan fingerprint density at radius 1 is 1.35 bits per heavy atom. The molecule has 2 rings (SSSR count). The van der Waals surface area contributed by atoms with Gasteiger partial charge < -0.3 is 5.73 Å². The molecule has 1 saturated heterocycles. The third-order valence-corrected chi connectivity index (χ3v) is 4.09. The number of halogens is 2. The van der Waals surface area contributed by atoms with Crippen molar-refractivity contribution in [3.8, 4) is 0 Å². The molecule has 2 atom stereocenters. The highest BCUT2D eigenvalue weighted by Gasteiger charge is 2.24. The van der Waals surface area contributed by atoms with Gasteiger partial charge in [-0.25, -0.2) is 8.78 Å². The van der Waals surface area contributed by atoms with Gasteiger partial charge in [0.2, 0.25) is 0 Å². The maximum atomic E-state index is 13.7. The summed E-state index contributed by atoms with van der Waals surface area (Å²) >= 11 is 0. The van der Waals surface area contributed by atoms with E-state index in [1.54, 1.807) is 6.07 Å². The topological polar surface area (TPSA) is 32.5 Å². The zero-order chi connectivity index (χ0) is 14.7. The third-order valence-electron chi connectivity index (χ3n) is 4.09. The van der Waals surface area contributed by atoms with Gasteiger partial charge in [0, 0.05) is 43.8 Å². The maximum absolute atomic E-state index is 13.7. The molecule has 1 fully saturated rings. The highest BCUT2D eigenvalue weighted by molar-refractivity contribution is 5.22. The van der Waals surface area contributed by atoms with Crippen LogP contribution in [-0.2, 0) is 0 Å². The molecule has 0 amide bonds. The molecule has 1 aliphatic heterocycles. The lowest BCUT2D eigenvalue weighted by atomic mass is 10.1. The molecule has 1 aromatic rings. The Labute approximate surface area is 119 Å². The number of likely N-dealkylation sites (N-methyl/N-ethyl adjacent to an activating group) is 1. The number of nitrogens with two attached hydrogens (primary N) is 1. The van der Waals surface area contributed by atoms with Crippen molar-refractivity contribution in [3.05, 3.63) is 35.4 Å². The van der Waals surface area contributed by atoms with E-state index in [0.29, 0.717) is 12.6 Å². The van der Waals surface area contributed by atoms with Crippen LogP contribution in [0.1, 0.15) is 25.5 Å². The van der Waals surface area contributed by atoms with Crippen molar-refractivity contribution in [2.24, 2.45) is 5.73 Å². The quantitative estimate of drug-likeness (QED) is 0.917. The van der Waals surface area contributed by atoms with Crippen molar-refractivity contribution in [1.29, 1.82) is 0 Å². The molecule has 0 bridgehead atoms. The van der Waals surface area contributed by atoms with E-state index >= 15 is 0 Å². The number of hydrogen-bond donors (Lipinski definition) is 1. The fourth-order valence-corrected chi connectivity index (χ4v) is 2.89. The lowest BCUT2D eigenvalue weighted by Crippen LogP contribution is -2.52. The van der Waals surface area contributed by atoms with Crippen molar-refractivity contribution in [3.63, 3.8) is 0 Å². The normalized spacial score (nSPS) is 22.9. The zero-order valence-electron chi connectivity index (χ0n) is 12.1. The molecule has 1 aliphatic rings. The molecule has 112 valence electrons. The summed E-state index contributed by atoms with van der Waals surface area (Å²) in [7, 11) is 0. The second kappa shape index (κ2) is 6.61. The molecule has 0 saturated carbocycles. The summed E-state index contributed by atoms with van der Waals surface area (Å²) in [6, 6.07) is 4.16. The molecule has 3 nitrogen and oxygen atoms in total. The first-order valence-electron chi connectivity index (χ1n) is 7.18. The number of benzene rings is 1. The molecule has 0 radical (unpaired) electrons. The smallest absolute Gasteiger partial charge is 0.163 e. The van der Waals surface area contributed by atoms with Crippen LogP contribution in [0.5, 0.6) is 0 Å². The van der Waals surface area contributed by atoms with Crippen molar-refractivity contribution < 1.29 is 8.78 Å². The second-order valence-corrected chi connectivity index (χ2v) is 5.49. The molecule has 2 unspecified atom stereocenters. The maximum Gasteiger partial charge on any atom is 0.163 e. The lowest BCUT2D eigenvalue weighted by molar-refractivity contribution is 0.0838. The van der Waals surface area contributed by atoms with E-state index < -0.39 is 17.7 Å². The molecule has 0 spiro atoms. The van der Waals surface area contributed by atoms with E-state index in [0.717, 1.165) is 32.2 Å². The van der Waals surface area contributed by atoms with Gasteiger partial charge in [0.1, 0.15) is 0 Å². The number of rotatable bonds is 4. The number of nitrogens with zero attached hydrogens (tertiary/aromatic N) is 2. The SMILES string of the molecule is CCN1CCN(CC(N)c2cccc(F)c2F)CC1C. The van der Waals surface area contributed by atoms with Gasteiger partial charge in [-0.05, 0) is 19.5 Å². The number of piperazine rings is 1. The van der Waals surface area contributed by atoms with Gasteiger partial charge in [-0.3, -0.25) is 9.80 Å². The van der Waals surface area contributed by atoms with E-state index in [2.05, 4.69) is 23.6 Å². The van der Waals surface area contributed by atoms with Gasteiger partial charge in [0.25, 0.3) is 0 Å². The van der Waals surface area contributed by atoms with E-state index in [1.807, 2.05) is 0 Å². The molecule has 0 aliphatic carbocycles. The Balaban J connectivity index is 1.98. The van der Waals surface area contributed by atoms with Crippen molar-refractivity contribution in [2.75, 3.05) is 32.7 Å². The van der Waals surface area contributed by atoms with E-state index in [9.17, 15) is 8.78 Å². The monoisotopic (exact) mass is 283 g/mol. The summed E-state index contributed by atoms with van der Waals surface area (Å²) in [5.41, 5.74) is 6.31. The summed E-state index contributed by atoms with van der Waals surface area (Å²) in [6.07, 6.45) is 0. The summed E-state index contributed by atoms with van der Waals surface area (Å²) in [4.78, 5) is 4.64. The Hall–Kier alpha value is -1.04. The van der Waals surface area contributed by atoms with Gasteiger partial charge in [-0.2, -0.15) is 0 Å². The Morgan fingerprint density at radius 3 is 2.75 bits per heavy atom. The Bertz CT molecular complexity index is 453. The Morgan fingerprint density at radius 2 is 2.10 bits per heavy atom. The van der Waals surface area contributed by atoms with Gasteiger partial charge in [-0.15, -0.1) is 0 Å². The molecule has 5 heteroatoms. The first-order valence-corrected chi connectivity index (χ1v) is 7.18. The van der Waals surface area contributed by atoms with Crippen LogP contribution in [-0.4, -0.2) is 48.6 Å². The van der Waals surface area contributed by atoms with E-state index in [-0.39, 0.29) is 5.56 Å². The second-order valence-electron chi connectivity index (χ2n) is 5.49. The summed E-state index contributed by atoms with van der Waals surface area (Å²) < 4.78 is 26.9. The van der Waals surface area contributed by atoms with Gasteiger partial charge in [0.15, 0.2) is 11.6 Å². The van der Waals surface area contributed by atoms with Gasteiger partial charge in [0.05, 0.1) is 0 Å². The molecule has 1 aromatic carbocycles. The van der Waals surface area contributed by atoms with Crippen LogP contribution < -0.4 is 5.73 Å². The lowest BCUT2D eigenvalue weighted by Gasteiger charge is -2.40. The predicted molar refractivity (Wildman–Crippen MR) is 76.4 cm³/mol. The average Bonchev–Trinajstić information content (AvgIpc) is 2.42. The van der Waals surface area contributed by atoms with Crippen LogP contribution in [0, 0.1) is 11.6 Å². The van der Waals surface area contributed by atoms with E-state index in [4.69, 9.17) is 5.73 Å². The fraction of sp³-hybridized carbons (Fsp3) is 0.600. The zero-order valence-corrected chi connectivity index (χ0v) is 12.1. The minimum absolute atomic E-state index is 0.260. The molecule has 20 heavy (non-hydrogen) atoms. The average molecular weight is 283 g/mol. The minimum Gasteiger partial charge on any atom is -0.323 e. The van der Waals surface area contributed by atoms with Crippen LogP contribution in [0.2, 0.25) is 0 Å². The highest BCUT2D eigenvalue weighted by Crippen LogP contribution is 2.19. The molecule has 0 aromatic heterocycles. The van der Waals surface area contributed by atoms with Crippen molar-refractivity contribution in [1.82, 2.24) is 9.80 Å². The highest BCUT2D eigenvalue weighted by atomic mass is 19.2.